The Balaban J connectivity index is 2.00. The molecule has 3 amide bonds. The van der Waals surface area contributed by atoms with E-state index in [1.165, 1.54) is 7.11 Å². The van der Waals surface area contributed by atoms with E-state index in [2.05, 4.69) is 5.32 Å². The standard InChI is InChI=1S/C19H27N3O5/c1-3-27-19(25)21-12-9-16(10-13-21)22(14-11-17(23)26-2)18(24)20-15-7-5-4-6-8-15/h4-8,16H,3,9-14H2,1-2H3,(H,20,24). The molecule has 0 saturated carbocycles. The fourth-order valence-electron chi connectivity index (χ4n) is 3.06. The summed E-state index contributed by atoms with van der Waals surface area (Å²) in [5.41, 5.74) is 0.689. The third-order valence-electron chi connectivity index (χ3n) is 4.50. The summed E-state index contributed by atoms with van der Waals surface area (Å²) in [5.74, 6) is -0.364. The van der Waals surface area contributed by atoms with Gasteiger partial charge in [0.25, 0.3) is 0 Å². The van der Waals surface area contributed by atoms with Gasteiger partial charge >= 0.3 is 18.1 Å². The maximum absolute atomic E-state index is 12.8. The molecule has 1 aliphatic rings. The number of carbonyl (C=O) groups excluding carboxylic acids is 3. The van der Waals surface area contributed by atoms with E-state index in [9.17, 15) is 14.4 Å². The number of methoxy groups -OCH3 is 1. The highest BCUT2D eigenvalue weighted by atomic mass is 16.6. The molecule has 8 nitrogen and oxygen atoms in total. The number of hydrogen-bond donors (Lipinski definition) is 1. The molecular formula is C19H27N3O5. The van der Waals surface area contributed by atoms with Crippen molar-refractivity contribution in [1.82, 2.24) is 9.80 Å². The molecule has 0 radical (unpaired) electrons. The Morgan fingerprint density at radius 2 is 1.85 bits per heavy atom. The Morgan fingerprint density at radius 3 is 2.44 bits per heavy atom. The smallest absolute Gasteiger partial charge is 0.409 e. The largest absolute Gasteiger partial charge is 0.469 e. The number of urea groups is 1. The molecule has 1 fully saturated rings. The first kappa shape index (κ1) is 20.5. The fraction of sp³-hybridized carbons (Fsp3) is 0.526. The zero-order valence-electron chi connectivity index (χ0n) is 15.8. The van der Waals surface area contributed by atoms with Crippen LogP contribution in [0.5, 0.6) is 0 Å². The number of piperidine rings is 1. The lowest BCUT2D eigenvalue weighted by molar-refractivity contribution is -0.140. The molecule has 148 valence electrons. The normalized spacial score (nSPS) is 14.4. The van der Waals surface area contributed by atoms with Crippen molar-refractivity contribution in [3.8, 4) is 0 Å². The molecule has 0 unspecified atom stereocenters. The average Bonchev–Trinajstić information content (AvgIpc) is 2.69. The monoisotopic (exact) mass is 377 g/mol. The number of amides is 3. The first-order chi connectivity index (χ1) is 13.0. The molecule has 0 bridgehead atoms. The summed E-state index contributed by atoms with van der Waals surface area (Å²) in [4.78, 5) is 39.5. The number of anilines is 1. The minimum atomic E-state index is -0.364. The number of nitrogens with one attached hydrogen (secondary N) is 1. The van der Waals surface area contributed by atoms with E-state index in [4.69, 9.17) is 9.47 Å². The van der Waals surface area contributed by atoms with Crippen molar-refractivity contribution in [2.45, 2.75) is 32.2 Å². The molecule has 0 atom stereocenters. The lowest BCUT2D eigenvalue weighted by Gasteiger charge is -2.38. The molecule has 1 N–H and O–H groups in total. The molecular weight excluding hydrogens is 350 g/mol. The van der Waals surface area contributed by atoms with Crippen LogP contribution in [0.3, 0.4) is 0 Å². The van der Waals surface area contributed by atoms with Crippen LogP contribution in [0.1, 0.15) is 26.2 Å². The van der Waals surface area contributed by atoms with Gasteiger partial charge in [0.15, 0.2) is 0 Å². The lowest BCUT2D eigenvalue weighted by Crippen LogP contribution is -2.50. The van der Waals surface area contributed by atoms with E-state index in [-0.39, 0.29) is 37.1 Å². The number of rotatable bonds is 6. The summed E-state index contributed by atoms with van der Waals surface area (Å²) in [5, 5.41) is 2.86. The van der Waals surface area contributed by atoms with Crippen molar-refractivity contribution < 1.29 is 23.9 Å². The number of nitrogens with zero attached hydrogens (tertiary/aromatic N) is 2. The molecule has 8 heteroatoms. The van der Waals surface area contributed by atoms with Gasteiger partial charge in [0.05, 0.1) is 20.1 Å². The van der Waals surface area contributed by atoms with Gasteiger partial charge in [-0.2, -0.15) is 0 Å². The highest BCUT2D eigenvalue weighted by Crippen LogP contribution is 2.19. The second-order valence-electron chi connectivity index (χ2n) is 6.23. The Bertz CT molecular complexity index is 629. The van der Waals surface area contributed by atoms with Crippen molar-refractivity contribution in [2.24, 2.45) is 0 Å². The van der Waals surface area contributed by atoms with Crippen LogP contribution in [0.4, 0.5) is 15.3 Å². The molecule has 2 rings (SSSR count). The van der Waals surface area contributed by atoms with Crippen molar-refractivity contribution in [3.63, 3.8) is 0 Å². The van der Waals surface area contributed by atoms with Crippen LogP contribution in [0.25, 0.3) is 0 Å². The predicted octanol–water partition coefficient (Wildman–Crippen LogP) is 2.70. The van der Waals surface area contributed by atoms with Crippen LogP contribution in [0.15, 0.2) is 30.3 Å². The van der Waals surface area contributed by atoms with Gasteiger partial charge in [-0.1, -0.05) is 18.2 Å². The van der Waals surface area contributed by atoms with E-state index >= 15 is 0 Å². The summed E-state index contributed by atoms with van der Waals surface area (Å²) in [6.45, 7) is 3.39. The molecule has 1 aromatic rings. The van der Waals surface area contributed by atoms with Crippen LogP contribution in [0, 0.1) is 0 Å². The molecule has 0 aromatic heterocycles. The Morgan fingerprint density at radius 1 is 1.19 bits per heavy atom. The van der Waals surface area contributed by atoms with E-state index in [1.807, 2.05) is 18.2 Å². The Hall–Kier alpha value is -2.77. The zero-order chi connectivity index (χ0) is 19.6. The zero-order valence-corrected chi connectivity index (χ0v) is 15.8. The second-order valence-corrected chi connectivity index (χ2v) is 6.23. The maximum Gasteiger partial charge on any atom is 0.409 e. The van der Waals surface area contributed by atoms with Gasteiger partial charge in [-0.25, -0.2) is 9.59 Å². The first-order valence-electron chi connectivity index (χ1n) is 9.16. The van der Waals surface area contributed by atoms with E-state index < -0.39 is 0 Å². The molecule has 1 saturated heterocycles. The van der Waals surface area contributed by atoms with Crippen molar-refractivity contribution in [2.75, 3.05) is 38.7 Å². The van der Waals surface area contributed by atoms with Crippen LogP contribution in [-0.4, -0.2) is 67.3 Å². The van der Waals surface area contributed by atoms with Crippen molar-refractivity contribution in [3.05, 3.63) is 30.3 Å². The molecule has 0 aliphatic carbocycles. The third kappa shape index (κ3) is 6.16. The minimum absolute atomic E-state index is 0.0657. The highest BCUT2D eigenvalue weighted by molar-refractivity contribution is 5.89. The molecule has 1 aliphatic heterocycles. The molecule has 0 spiro atoms. The number of ether oxygens (including phenoxy) is 2. The van der Waals surface area contributed by atoms with Crippen LogP contribution < -0.4 is 5.32 Å². The van der Waals surface area contributed by atoms with Gasteiger partial charge in [-0.3, -0.25) is 4.79 Å². The number of esters is 1. The fourth-order valence-corrected chi connectivity index (χ4v) is 3.06. The van der Waals surface area contributed by atoms with Gasteiger partial charge in [0, 0.05) is 31.4 Å². The van der Waals surface area contributed by atoms with Crippen LogP contribution >= 0.6 is 0 Å². The van der Waals surface area contributed by atoms with Crippen molar-refractivity contribution in [1.29, 1.82) is 0 Å². The van der Waals surface area contributed by atoms with E-state index in [0.717, 1.165) is 0 Å². The van der Waals surface area contributed by atoms with Gasteiger partial charge in [0.1, 0.15) is 0 Å². The number of para-hydroxylation sites is 1. The van der Waals surface area contributed by atoms with Crippen molar-refractivity contribution >= 4 is 23.8 Å². The quantitative estimate of drug-likeness (QED) is 0.770. The number of benzene rings is 1. The van der Waals surface area contributed by atoms with Gasteiger partial charge in [0.2, 0.25) is 0 Å². The summed E-state index contributed by atoms with van der Waals surface area (Å²) >= 11 is 0. The van der Waals surface area contributed by atoms with Crippen LogP contribution in [-0.2, 0) is 14.3 Å². The third-order valence-corrected chi connectivity index (χ3v) is 4.50. The van der Waals surface area contributed by atoms with E-state index in [1.54, 1.807) is 28.9 Å². The summed E-state index contributed by atoms with van der Waals surface area (Å²) < 4.78 is 9.72. The predicted molar refractivity (Wildman–Crippen MR) is 100 cm³/mol. The van der Waals surface area contributed by atoms with Gasteiger partial charge < -0.3 is 24.6 Å². The first-order valence-corrected chi connectivity index (χ1v) is 9.16. The van der Waals surface area contributed by atoms with Gasteiger partial charge in [-0.15, -0.1) is 0 Å². The number of likely N-dealkylation sites (tertiary alicyclic amines) is 1. The Labute approximate surface area is 159 Å². The highest BCUT2D eigenvalue weighted by Gasteiger charge is 2.30. The summed E-state index contributed by atoms with van der Waals surface area (Å²) in [6.07, 6.45) is 1.05. The maximum atomic E-state index is 12.8. The molecule has 27 heavy (non-hydrogen) atoms. The lowest BCUT2D eigenvalue weighted by atomic mass is 10.0. The topological polar surface area (TPSA) is 88.2 Å². The number of hydrogen-bond acceptors (Lipinski definition) is 5. The summed E-state index contributed by atoms with van der Waals surface area (Å²) in [7, 11) is 1.33. The van der Waals surface area contributed by atoms with E-state index in [0.29, 0.717) is 38.2 Å². The molecule has 1 heterocycles. The van der Waals surface area contributed by atoms with Crippen LogP contribution in [0.2, 0.25) is 0 Å². The SMILES string of the molecule is CCOC(=O)N1CCC(N(CCC(=O)OC)C(=O)Nc2ccccc2)CC1. The summed E-state index contributed by atoms with van der Waals surface area (Å²) in [6, 6.07) is 8.83. The van der Waals surface area contributed by atoms with Gasteiger partial charge in [-0.05, 0) is 31.9 Å². The molecule has 1 aromatic carbocycles. The Kier molecular flexibility index (Phi) is 7.91. The number of carbonyl (C=O) groups is 3. The minimum Gasteiger partial charge on any atom is -0.469 e. The average molecular weight is 377 g/mol. The second kappa shape index (κ2) is 10.4.